The van der Waals surface area contributed by atoms with Crippen LogP contribution in [0.4, 0.5) is 0 Å². The molecule has 88 valence electrons. The monoisotopic (exact) mass is 231 g/mol. The molecule has 2 aromatic heterocycles. The molecule has 0 aliphatic carbocycles. The Balaban J connectivity index is 2.36. The van der Waals surface area contributed by atoms with Gasteiger partial charge in [-0.25, -0.2) is 9.97 Å². The molecule has 0 aromatic carbocycles. The van der Waals surface area contributed by atoms with Gasteiger partial charge in [-0.15, -0.1) is 0 Å². The molecule has 2 aromatic rings. The van der Waals surface area contributed by atoms with E-state index in [1.165, 1.54) is 0 Å². The highest BCUT2D eigenvalue weighted by Gasteiger charge is 2.05. The Bertz CT molecular complexity index is 529. The summed E-state index contributed by atoms with van der Waals surface area (Å²) >= 11 is 0. The van der Waals surface area contributed by atoms with Crippen LogP contribution < -0.4 is 5.73 Å². The van der Waals surface area contributed by atoms with Gasteiger partial charge >= 0.3 is 0 Å². The number of nitrogens with zero attached hydrogens (tertiary/aromatic N) is 4. The number of imidazole rings is 1. The van der Waals surface area contributed by atoms with Gasteiger partial charge in [0.1, 0.15) is 11.6 Å². The van der Waals surface area contributed by atoms with Crippen LogP contribution in [0.25, 0.3) is 5.82 Å². The van der Waals surface area contributed by atoms with Gasteiger partial charge in [0, 0.05) is 30.6 Å². The van der Waals surface area contributed by atoms with Gasteiger partial charge in [0.05, 0.1) is 0 Å². The number of hydrogen-bond donors (Lipinski definition) is 2. The van der Waals surface area contributed by atoms with E-state index >= 15 is 0 Å². The maximum absolute atomic E-state index is 8.54. The number of oxime groups is 1. The van der Waals surface area contributed by atoms with Crippen LogP contribution >= 0.6 is 0 Å². The maximum Gasteiger partial charge on any atom is 0.171 e. The first kappa shape index (κ1) is 11.1. The fourth-order valence-electron chi connectivity index (χ4n) is 1.54. The minimum atomic E-state index is 0.0467. The molecule has 0 unspecified atom stereocenters. The van der Waals surface area contributed by atoms with E-state index in [0.29, 0.717) is 5.56 Å². The van der Waals surface area contributed by atoms with Crippen molar-refractivity contribution in [1.82, 2.24) is 14.5 Å². The van der Waals surface area contributed by atoms with Crippen molar-refractivity contribution in [3.8, 4) is 5.82 Å². The molecule has 0 fully saturated rings. The van der Waals surface area contributed by atoms with Crippen molar-refractivity contribution in [2.24, 2.45) is 10.9 Å². The predicted molar refractivity (Wildman–Crippen MR) is 63.2 cm³/mol. The van der Waals surface area contributed by atoms with Gasteiger partial charge in [-0.3, -0.25) is 4.57 Å². The van der Waals surface area contributed by atoms with E-state index in [0.717, 1.165) is 18.1 Å². The summed E-state index contributed by atoms with van der Waals surface area (Å²) in [5.41, 5.74) is 6.04. The summed E-state index contributed by atoms with van der Waals surface area (Å²) in [7, 11) is 0. The van der Waals surface area contributed by atoms with Gasteiger partial charge in [-0.05, 0) is 12.1 Å². The molecule has 3 N–H and O–H groups in total. The predicted octanol–water partition coefficient (Wildman–Crippen LogP) is 0.924. The fraction of sp³-hybridized carbons (Fsp3) is 0.182. The van der Waals surface area contributed by atoms with Gasteiger partial charge in [0.15, 0.2) is 5.84 Å². The van der Waals surface area contributed by atoms with Crippen molar-refractivity contribution >= 4 is 5.84 Å². The molecule has 0 saturated carbocycles. The first-order chi connectivity index (χ1) is 8.26. The summed E-state index contributed by atoms with van der Waals surface area (Å²) in [6.45, 7) is 2.03. The lowest BCUT2D eigenvalue weighted by molar-refractivity contribution is 0.318. The summed E-state index contributed by atoms with van der Waals surface area (Å²) < 4.78 is 1.90. The molecule has 0 radical (unpaired) electrons. The van der Waals surface area contributed by atoms with E-state index in [2.05, 4.69) is 15.1 Å². The van der Waals surface area contributed by atoms with Crippen LogP contribution in [0.15, 0.2) is 35.9 Å². The number of nitrogens with two attached hydrogens (primary N) is 1. The second-order valence-electron chi connectivity index (χ2n) is 3.46. The Morgan fingerprint density at radius 2 is 2.29 bits per heavy atom. The lowest BCUT2D eigenvalue weighted by Crippen LogP contribution is -2.13. The van der Waals surface area contributed by atoms with Crippen LogP contribution in [0.2, 0.25) is 0 Å². The Kier molecular flexibility index (Phi) is 3.04. The second kappa shape index (κ2) is 4.65. The maximum atomic E-state index is 8.54. The van der Waals surface area contributed by atoms with Crippen LogP contribution in [0.3, 0.4) is 0 Å². The minimum Gasteiger partial charge on any atom is -0.409 e. The third-order valence-corrected chi connectivity index (χ3v) is 2.43. The number of pyridine rings is 1. The number of aromatic nitrogens is 3. The highest BCUT2D eigenvalue weighted by atomic mass is 16.4. The average molecular weight is 231 g/mol. The van der Waals surface area contributed by atoms with E-state index in [1.54, 1.807) is 24.5 Å². The van der Waals surface area contributed by atoms with E-state index in [4.69, 9.17) is 10.9 Å². The largest absolute Gasteiger partial charge is 0.409 e. The Labute approximate surface area is 98.4 Å². The summed E-state index contributed by atoms with van der Waals surface area (Å²) in [5, 5.41) is 11.5. The topological polar surface area (TPSA) is 89.3 Å². The number of amidine groups is 1. The Morgan fingerprint density at radius 1 is 1.47 bits per heavy atom. The molecule has 6 nitrogen and oxygen atoms in total. The molecule has 6 heteroatoms. The van der Waals surface area contributed by atoms with Crippen LogP contribution in [0, 0.1) is 0 Å². The molecule has 0 aliphatic heterocycles. The number of rotatable bonds is 3. The second-order valence-corrected chi connectivity index (χ2v) is 3.46. The average Bonchev–Trinajstić information content (AvgIpc) is 2.86. The summed E-state index contributed by atoms with van der Waals surface area (Å²) in [5.74, 6) is 1.74. The molecule has 2 heterocycles. The van der Waals surface area contributed by atoms with E-state index < -0.39 is 0 Å². The molecule has 0 aliphatic rings. The van der Waals surface area contributed by atoms with Crippen molar-refractivity contribution in [1.29, 1.82) is 0 Å². The standard InChI is InChI=1S/C11H13N5O/c1-2-9-13-5-6-16(9)10-4-3-8(7-14-10)11(12)15-17/h3-7,17H,2H2,1H3,(H2,12,15). The highest BCUT2D eigenvalue weighted by Crippen LogP contribution is 2.09. The molecule has 0 spiro atoms. The molecule has 0 bridgehead atoms. The zero-order chi connectivity index (χ0) is 12.3. The molecular formula is C11H13N5O. The van der Waals surface area contributed by atoms with Gasteiger partial charge in [-0.2, -0.15) is 0 Å². The third kappa shape index (κ3) is 2.10. The fourth-order valence-corrected chi connectivity index (χ4v) is 1.54. The van der Waals surface area contributed by atoms with E-state index in [-0.39, 0.29) is 5.84 Å². The van der Waals surface area contributed by atoms with Gasteiger partial charge in [0.25, 0.3) is 0 Å². The molecule has 0 amide bonds. The zero-order valence-electron chi connectivity index (χ0n) is 9.41. The molecule has 17 heavy (non-hydrogen) atoms. The highest BCUT2D eigenvalue weighted by molar-refractivity contribution is 5.96. The van der Waals surface area contributed by atoms with Gasteiger partial charge < -0.3 is 10.9 Å². The Morgan fingerprint density at radius 3 is 2.88 bits per heavy atom. The normalized spacial score (nSPS) is 11.7. The lowest BCUT2D eigenvalue weighted by Gasteiger charge is -2.05. The van der Waals surface area contributed by atoms with Crippen molar-refractivity contribution in [3.63, 3.8) is 0 Å². The van der Waals surface area contributed by atoms with Crippen molar-refractivity contribution < 1.29 is 5.21 Å². The van der Waals surface area contributed by atoms with Crippen molar-refractivity contribution in [2.75, 3.05) is 0 Å². The summed E-state index contributed by atoms with van der Waals surface area (Å²) in [6, 6.07) is 3.55. The molecule has 0 atom stereocenters. The summed E-state index contributed by atoms with van der Waals surface area (Å²) in [4.78, 5) is 8.47. The summed E-state index contributed by atoms with van der Waals surface area (Å²) in [6.07, 6.45) is 5.97. The first-order valence-corrected chi connectivity index (χ1v) is 5.22. The SMILES string of the molecule is CCc1nccn1-c1ccc(/C(N)=N/O)cn1. The van der Waals surface area contributed by atoms with Crippen molar-refractivity contribution in [3.05, 3.63) is 42.1 Å². The van der Waals surface area contributed by atoms with E-state index in [9.17, 15) is 0 Å². The smallest absolute Gasteiger partial charge is 0.171 e. The molecule has 2 rings (SSSR count). The molecule has 0 saturated heterocycles. The van der Waals surface area contributed by atoms with Gasteiger partial charge in [-0.1, -0.05) is 12.1 Å². The lowest BCUT2D eigenvalue weighted by atomic mass is 10.2. The van der Waals surface area contributed by atoms with Crippen LogP contribution in [0.5, 0.6) is 0 Å². The van der Waals surface area contributed by atoms with Crippen LogP contribution in [-0.4, -0.2) is 25.6 Å². The van der Waals surface area contributed by atoms with Crippen LogP contribution in [0.1, 0.15) is 18.3 Å². The third-order valence-electron chi connectivity index (χ3n) is 2.43. The minimum absolute atomic E-state index is 0.0467. The van der Waals surface area contributed by atoms with Gasteiger partial charge in [0.2, 0.25) is 0 Å². The van der Waals surface area contributed by atoms with E-state index in [1.807, 2.05) is 17.7 Å². The number of hydrogen-bond acceptors (Lipinski definition) is 4. The Hall–Kier alpha value is -2.37. The first-order valence-electron chi connectivity index (χ1n) is 5.22. The zero-order valence-corrected chi connectivity index (χ0v) is 9.41. The van der Waals surface area contributed by atoms with Crippen molar-refractivity contribution in [2.45, 2.75) is 13.3 Å². The quantitative estimate of drug-likeness (QED) is 0.356. The van der Waals surface area contributed by atoms with Crippen LogP contribution in [-0.2, 0) is 6.42 Å². The molecular weight excluding hydrogens is 218 g/mol. The number of aryl methyl sites for hydroxylation is 1.